The molecule has 0 bridgehead atoms. The minimum absolute atomic E-state index is 0.258. The monoisotopic (exact) mass is 231 g/mol. The Morgan fingerprint density at radius 3 is 2.67 bits per heavy atom. The topological polar surface area (TPSA) is 30.5 Å². The molecular formula is C10H14FNO2S. The third-order valence-corrected chi connectivity index (χ3v) is 2.76. The SMILES string of the molecule is CONCc1ccc(OC)c(SC)c1F. The van der Waals surface area contributed by atoms with Crippen molar-refractivity contribution in [3.05, 3.63) is 23.5 Å². The molecule has 5 heteroatoms. The largest absolute Gasteiger partial charge is 0.495 e. The molecule has 0 spiro atoms. The van der Waals surface area contributed by atoms with Crippen LogP contribution in [0, 0.1) is 5.82 Å². The van der Waals surface area contributed by atoms with E-state index in [1.807, 2.05) is 6.26 Å². The van der Waals surface area contributed by atoms with Crippen LogP contribution in [0.5, 0.6) is 5.75 Å². The van der Waals surface area contributed by atoms with Crippen LogP contribution in [-0.2, 0) is 11.4 Å². The molecule has 0 aliphatic heterocycles. The minimum Gasteiger partial charge on any atom is -0.495 e. The Morgan fingerprint density at radius 1 is 1.40 bits per heavy atom. The van der Waals surface area contributed by atoms with E-state index in [0.717, 1.165) is 0 Å². The second-order valence-corrected chi connectivity index (χ2v) is 3.62. The molecule has 0 saturated carbocycles. The van der Waals surface area contributed by atoms with Crippen LogP contribution in [0.4, 0.5) is 4.39 Å². The Balaban J connectivity index is 3.00. The van der Waals surface area contributed by atoms with E-state index in [0.29, 0.717) is 22.8 Å². The molecule has 0 amide bonds. The summed E-state index contributed by atoms with van der Waals surface area (Å²) in [6.45, 7) is 0.333. The first-order chi connectivity index (χ1) is 7.24. The van der Waals surface area contributed by atoms with Gasteiger partial charge in [-0.25, -0.2) is 4.39 Å². The number of nitrogens with one attached hydrogen (secondary N) is 1. The average Bonchev–Trinajstić information content (AvgIpc) is 2.27. The van der Waals surface area contributed by atoms with Gasteiger partial charge in [-0.05, 0) is 12.3 Å². The maximum Gasteiger partial charge on any atom is 0.145 e. The first-order valence-electron chi connectivity index (χ1n) is 4.39. The lowest BCUT2D eigenvalue weighted by Gasteiger charge is -2.11. The second kappa shape index (κ2) is 5.95. The van der Waals surface area contributed by atoms with E-state index in [2.05, 4.69) is 10.3 Å². The number of benzene rings is 1. The second-order valence-electron chi connectivity index (χ2n) is 2.80. The fourth-order valence-electron chi connectivity index (χ4n) is 1.22. The van der Waals surface area contributed by atoms with Gasteiger partial charge in [-0.15, -0.1) is 11.8 Å². The first kappa shape index (κ1) is 12.3. The van der Waals surface area contributed by atoms with Crippen LogP contribution in [-0.4, -0.2) is 20.5 Å². The van der Waals surface area contributed by atoms with Crippen molar-refractivity contribution in [2.24, 2.45) is 0 Å². The molecule has 1 rings (SSSR count). The van der Waals surface area contributed by atoms with Crippen molar-refractivity contribution in [3.8, 4) is 5.75 Å². The Hall–Kier alpha value is -0.780. The maximum atomic E-state index is 13.8. The van der Waals surface area contributed by atoms with E-state index in [4.69, 9.17) is 4.74 Å². The van der Waals surface area contributed by atoms with Crippen molar-refractivity contribution >= 4 is 11.8 Å². The van der Waals surface area contributed by atoms with Crippen LogP contribution >= 0.6 is 11.8 Å². The average molecular weight is 231 g/mol. The highest BCUT2D eigenvalue weighted by Crippen LogP contribution is 2.32. The predicted molar refractivity (Wildman–Crippen MR) is 58.6 cm³/mol. The molecule has 1 aromatic rings. The smallest absolute Gasteiger partial charge is 0.145 e. The number of hydroxylamine groups is 1. The molecule has 15 heavy (non-hydrogen) atoms. The van der Waals surface area contributed by atoms with E-state index in [-0.39, 0.29) is 5.82 Å². The maximum absolute atomic E-state index is 13.8. The van der Waals surface area contributed by atoms with Crippen LogP contribution in [0.15, 0.2) is 17.0 Å². The molecule has 84 valence electrons. The molecule has 0 saturated heterocycles. The van der Waals surface area contributed by atoms with Crippen molar-refractivity contribution in [2.45, 2.75) is 11.4 Å². The number of hydrogen-bond donors (Lipinski definition) is 1. The van der Waals surface area contributed by atoms with Crippen molar-refractivity contribution in [3.63, 3.8) is 0 Å². The van der Waals surface area contributed by atoms with E-state index >= 15 is 0 Å². The first-order valence-corrected chi connectivity index (χ1v) is 5.62. The van der Waals surface area contributed by atoms with Gasteiger partial charge in [-0.1, -0.05) is 6.07 Å². The lowest BCUT2D eigenvalue weighted by Crippen LogP contribution is -2.12. The zero-order valence-corrected chi connectivity index (χ0v) is 9.78. The van der Waals surface area contributed by atoms with Crippen molar-refractivity contribution in [1.82, 2.24) is 5.48 Å². The van der Waals surface area contributed by atoms with Gasteiger partial charge in [0.1, 0.15) is 11.6 Å². The van der Waals surface area contributed by atoms with Crippen LogP contribution in [0.3, 0.4) is 0 Å². The Morgan fingerprint density at radius 2 is 2.13 bits per heavy atom. The lowest BCUT2D eigenvalue weighted by molar-refractivity contribution is 0.0858. The third kappa shape index (κ3) is 2.84. The third-order valence-electron chi connectivity index (χ3n) is 1.97. The standard InChI is InChI=1S/C10H14FNO2S/c1-13-8-5-4-7(6-12-14-2)9(11)10(8)15-3/h4-5,12H,6H2,1-3H3. The molecular weight excluding hydrogens is 217 g/mol. The van der Waals surface area contributed by atoms with Gasteiger partial charge in [0.25, 0.3) is 0 Å². The zero-order valence-electron chi connectivity index (χ0n) is 8.96. The Bertz CT molecular complexity index is 333. The molecule has 0 radical (unpaired) electrons. The summed E-state index contributed by atoms with van der Waals surface area (Å²) in [5.41, 5.74) is 3.16. The van der Waals surface area contributed by atoms with Gasteiger partial charge >= 0.3 is 0 Å². The van der Waals surface area contributed by atoms with Crippen LogP contribution in [0.25, 0.3) is 0 Å². The fourth-order valence-corrected chi connectivity index (χ4v) is 1.88. The number of rotatable bonds is 5. The molecule has 0 fully saturated rings. The number of methoxy groups -OCH3 is 1. The Labute approximate surface area is 92.9 Å². The zero-order chi connectivity index (χ0) is 11.3. The van der Waals surface area contributed by atoms with Gasteiger partial charge in [0.05, 0.1) is 19.1 Å². The number of hydrogen-bond acceptors (Lipinski definition) is 4. The predicted octanol–water partition coefficient (Wildman–Crippen LogP) is 2.21. The quantitative estimate of drug-likeness (QED) is 0.621. The highest BCUT2D eigenvalue weighted by Gasteiger charge is 2.12. The van der Waals surface area contributed by atoms with Crippen LogP contribution < -0.4 is 10.2 Å². The summed E-state index contributed by atoms with van der Waals surface area (Å²) in [7, 11) is 3.03. The van der Waals surface area contributed by atoms with Crippen LogP contribution in [0.1, 0.15) is 5.56 Å². The molecule has 0 aliphatic rings. The number of ether oxygens (including phenoxy) is 1. The molecule has 3 nitrogen and oxygen atoms in total. The van der Waals surface area contributed by atoms with Gasteiger partial charge in [0, 0.05) is 12.1 Å². The normalized spacial score (nSPS) is 10.4. The van der Waals surface area contributed by atoms with Gasteiger partial charge < -0.3 is 9.57 Å². The fraction of sp³-hybridized carbons (Fsp3) is 0.400. The van der Waals surface area contributed by atoms with E-state index < -0.39 is 0 Å². The van der Waals surface area contributed by atoms with Gasteiger partial charge in [0.15, 0.2) is 0 Å². The summed E-state index contributed by atoms with van der Waals surface area (Å²) in [4.78, 5) is 5.20. The summed E-state index contributed by atoms with van der Waals surface area (Å²) >= 11 is 1.33. The van der Waals surface area contributed by atoms with Gasteiger partial charge in [0.2, 0.25) is 0 Å². The van der Waals surface area contributed by atoms with Crippen molar-refractivity contribution in [2.75, 3.05) is 20.5 Å². The molecule has 0 heterocycles. The molecule has 0 aromatic heterocycles. The van der Waals surface area contributed by atoms with Crippen molar-refractivity contribution in [1.29, 1.82) is 0 Å². The number of halogens is 1. The molecule has 1 aromatic carbocycles. The Kier molecular flexibility index (Phi) is 4.87. The van der Waals surface area contributed by atoms with Gasteiger partial charge in [-0.3, -0.25) is 0 Å². The number of thioether (sulfide) groups is 1. The summed E-state index contributed by atoms with van der Waals surface area (Å²) in [6.07, 6.45) is 1.81. The molecule has 1 N–H and O–H groups in total. The summed E-state index contributed by atoms with van der Waals surface area (Å²) in [5.74, 6) is 0.299. The summed E-state index contributed by atoms with van der Waals surface area (Å²) in [5, 5.41) is 0. The molecule has 0 aliphatic carbocycles. The van der Waals surface area contributed by atoms with E-state index in [9.17, 15) is 4.39 Å². The highest BCUT2D eigenvalue weighted by atomic mass is 32.2. The molecule has 0 atom stereocenters. The lowest BCUT2D eigenvalue weighted by atomic mass is 10.2. The highest BCUT2D eigenvalue weighted by molar-refractivity contribution is 7.98. The molecule has 0 unspecified atom stereocenters. The van der Waals surface area contributed by atoms with E-state index in [1.165, 1.54) is 26.0 Å². The summed E-state index contributed by atoms with van der Waals surface area (Å²) in [6, 6.07) is 3.43. The van der Waals surface area contributed by atoms with Crippen molar-refractivity contribution < 1.29 is 14.0 Å². The van der Waals surface area contributed by atoms with Gasteiger partial charge in [-0.2, -0.15) is 5.48 Å². The van der Waals surface area contributed by atoms with E-state index in [1.54, 1.807) is 12.1 Å². The summed E-state index contributed by atoms with van der Waals surface area (Å²) < 4.78 is 18.9. The minimum atomic E-state index is -0.258. The van der Waals surface area contributed by atoms with Crippen LogP contribution in [0.2, 0.25) is 0 Å².